The van der Waals surface area contributed by atoms with E-state index in [4.69, 9.17) is 10.00 Å². The van der Waals surface area contributed by atoms with Crippen LogP contribution in [0.3, 0.4) is 0 Å². The first-order valence-corrected chi connectivity index (χ1v) is 9.82. The number of nitrogens with one attached hydrogen (secondary N) is 2. The molecular formula is C24H19N5O2. The third-order valence-corrected chi connectivity index (χ3v) is 5.10. The lowest BCUT2D eigenvalue weighted by molar-refractivity contribution is -0.125. The molecule has 152 valence electrons. The van der Waals surface area contributed by atoms with Crippen molar-refractivity contribution in [2.75, 3.05) is 11.9 Å². The van der Waals surface area contributed by atoms with Crippen molar-refractivity contribution in [1.29, 1.82) is 10.5 Å². The highest BCUT2D eigenvalue weighted by molar-refractivity contribution is 5.98. The Bertz CT molecular complexity index is 1160. The molecule has 1 aliphatic heterocycles. The lowest BCUT2D eigenvalue weighted by Crippen LogP contribution is -2.47. The summed E-state index contributed by atoms with van der Waals surface area (Å²) in [5.41, 5.74) is 3.26. The first-order chi connectivity index (χ1) is 15.2. The summed E-state index contributed by atoms with van der Waals surface area (Å²) in [7, 11) is 0. The molecule has 0 unspecified atom stereocenters. The van der Waals surface area contributed by atoms with E-state index in [0.717, 1.165) is 11.1 Å². The minimum absolute atomic E-state index is 0.270. The summed E-state index contributed by atoms with van der Waals surface area (Å²) < 4.78 is 6.04. The summed E-state index contributed by atoms with van der Waals surface area (Å²) in [5, 5.41) is 24.6. The van der Waals surface area contributed by atoms with Crippen LogP contribution < -0.4 is 15.4 Å². The van der Waals surface area contributed by atoms with Crippen LogP contribution in [0.4, 0.5) is 5.69 Å². The Balaban J connectivity index is 1.56. The molecule has 4 rings (SSSR count). The number of carbonyl (C=O) groups excluding carboxylic acids is 1. The fraction of sp³-hybridized carbons (Fsp3) is 0.167. The van der Waals surface area contributed by atoms with Crippen molar-refractivity contribution in [3.8, 4) is 17.9 Å². The van der Waals surface area contributed by atoms with Crippen molar-refractivity contribution in [3.05, 3.63) is 89.2 Å². The van der Waals surface area contributed by atoms with Gasteiger partial charge in [0.25, 0.3) is 5.91 Å². The van der Waals surface area contributed by atoms with Crippen molar-refractivity contribution in [2.24, 2.45) is 0 Å². The normalized spacial score (nSPS) is 15.5. The number of fused-ring (bicyclic) bond motifs is 1. The monoisotopic (exact) mass is 409 g/mol. The van der Waals surface area contributed by atoms with E-state index in [1.807, 2.05) is 42.5 Å². The Hall–Kier alpha value is -4.20. The van der Waals surface area contributed by atoms with E-state index >= 15 is 0 Å². The van der Waals surface area contributed by atoms with Crippen molar-refractivity contribution in [3.63, 3.8) is 0 Å². The second-order valence-corrected chi connectivity index (χ2v) is 7.10. The largest absolute Gasteiger partial charge is 0.475 e. The number of carbonyl (C=O) groups is 1. The molecule has 2 heterocycles. The maximum Gasteiger partial charge on any atom is 0.267 e. The number of rotatable bonds is 6. The molecule has 0 bridgehead atoms. The standard InChI is InChI=1S/C24H19N5O2/c25-12-17-8-6-16(7-9-17)10-11-28-21(18-4-2-1-3-5-18)23-24(30)29-20-15-27-14-19(13-26)22(20)31-23/h1-9,14-15,21,23,28H,10-11H2,(H,29,30)/t21-,23+/m1/s1. The Morgan fingerprint density at radius 1 is 1.06 bits per heavy atom. The number of nitriles is 2. The highest BCUT2D eigenvalue weighted by Crippen LogP contribution is 2.35. The van der Waals surface area contributed by atoms with Gasteiger partial charge in [0.15, 0.2) is 11.9 Å². The summed E-state index contributed by atoms with van der Waals surface area (Å²) in [5.74, 6) is 0.0287. The van der Waals surface area contributed by atoms with Gasteiger partial charge in [-0.25, -0.2) is 0 Å². The molecule has 0 fully saturated rings. The Labute approximate surface area is 179 Å². The Morgan fingerprint density at radius 2 is 1.84 bits per heavy atom. The number of hydrogen-bond donors (Lipinski definition) is 2. The van der Waals surface area contributed by atoms with Crippen LogP contribution in [-0.4, -0.2) is 23.5 Å². The van der Waals surface area contributed by atoms with Gasteiger partial charge in [-0.3, -0.25) is 9.78 Å². The van der Waals surface area contributed by atoms with Crippen LogP contribution in [0.1, 0.15) is 28.3 Å². The van der Waals surface area contributed by atoms with Gasteiger partial charge in [-0.2, -0.15) is 10.5 Å². The lowest BCUT2D eigenvalue weighted by atomic mass is 9.98. The van der Waals surface area contributed by atoms with Gasteiger partial charge >= 0.3 is 0 Å². The summed E-state index contributed by atoms with van der Waals surface area (Å²) in [6.07, 6.45) is 2.75. The summed E-state index contributed by atoms with van der Waals surface area (Å²) >= 11 is 0. The highest BCUT2D eigenvalue weighted by Gasteiger charge is 2.36. The van der Waals surface area contributed by atoms with Crippen molar-refractivity contribution < 1.29 is 9.53 Å². The second-order valence-electron chi connectivity index (χ2n) is 7.10. The summed E-state index contributed by atoms with van der Waals surface area (Å²) in [6, 6.07) is 20.8. The van der Waals surface area contributed by atoms with Crippen LogP contribution >= 0.6 is 0 Å². The maximum atomic E-state index is 12.9. The molecule has 7 heteroatoms. The number of hydrogen-bond acceptors (Lipinski definition) is 6. The topological polar surface area (TPSA) is 111 Å². The van der Waals surface area contributed by atoms with Gasteiger partial charge in [0, 0.05) is 6.20 Å². The third-order valence-electron chi connectivity index (χ3n) is 5.10. The second kappa shape index (κ2) is 9.08. The van der Waals surface area contributed by atoms with Crippen LogP contribution in [0, 0.1) is 22.7 Å². The van der Waals surface area contributed by atoms with Crippen LogP contribution in [0.15, 0.2) is 67.0 Å². The molecule has 1 aromatic heterocycles. The molecule has 3 aromatic rings. The quantitative estimate of drug-likeness (QED) is 0.647. The van der Waals surface area contributed by atoms with Crippen molar-refractivity contribution >= 4 is 11.6 Å². The lowest BCUT2D eigenvalue weighted by Gasteiger charge is -2.32. The molecular weight excluding hydrogens is 390 g/mol. The minimum Gasteiger partial charge on any atom is -0.475 e. The molecule has 0 radical (unpaired) electrons. The van der Waals surface area contributed by atoms with Crippen molar-refractivity contribution in [1.82, 2.24) is 10.3 Å². The van der Waals surface area contributed by atoms with E-state index in [0.29, 0.717) is 30.0 Å². The van der Waals surface area contributed by atoms with Gasteiger partial charge < -0.3 is 15.4 Å². The minimum atomic E-state index is -0.856. The number of benzene rings is 2. The van der Waals surface area contributed by atoms with E-state index in [1.165, 1.54) is 12.4 Å². The van der Waals surface area contributed by atoms with Crippen LogP contribution in [0.25, 0.3) is 0 Å². The van der Waals surface area contributed by atoms with Gasteiger partial charge in [0.05, 0.1) is 23.9 Å². The first kappa shape index (κ1) is 20.1. The van der Waals surface area contributed by atoms with E-state index in [-0.39, 0.29) is 11.5 Å². The van der Waals surface area contributed by atoms with E-state index in [1.54, 1.807) is 12.1 Å². The average Bonchev–Trinajstić information content (AvgIpc) is 2.82. The van der Waals surface area contributed by atoms with E-state index in [9.17, 15) is 10.1 Å². The number of nitrogens with zero attached hydrogens (tertiary/aromatic N) is 3. The van der Waals surface area contributed by atoms with Crippen LogP contribution in [0.2, 0.25) is 0 Å². The molecule has 2 aromatic carbocycles. The predicted octanol–water partition coefficient (Wildman–Crippen LogP) is 3.10. The van der Waals surface area contributed by atoms with Crippen molar-refractivity contribution in [2.45, 2.75) is 18.6 Å². The molecule has 2 atom stereocenters. The highest BCUT2D eigenvalue weighted by atomic mass is 16.5. The zero-order chi connectivity index (χ0) is 21.6. The number of pyridine rings is 1. The molecule has 31 heavy (non-hydrogen) atoms. The van der Waals surface area contributed by atoms with Gasteiger partial charge in [-0.15, -0.1) is 0 Å². The molecule has 0 aliphatic carbocycles. The smallest absolute Gasteiger partial charge is 0.267 e. The Kier molecular flexibility index (Phi) is 5.89. The summed E-state index contributed by atoms with van der Waals surface area (Å²) in [4.78, 5) is 16.8. The molecule has 2 N–H and O–H groups in total. The molecule has 7 nitrogen and oxygen atoms in total. The molecule has 0 saturated heterocycles. The predicted molar refractivity (Wildman–Crippen MR) is 114 cm³/mol. The van der Waals surface area contributed by atoms with E-state index in [2.05, 4.69) is 27.8 Å². The molecule has 0 saturated carbocycles. The Morgan fingerprint density at radius 3 is 2.55 bits per heavy atom. The summed E-state index contributed by atoms with van der Waals surface area (Å²) in [6.45, 7) is 0.590. The molecule has 0 spiro atoms. The SMILES string of the molecule is N#Cc1ccc(CCN[C@H](c2ccccc2)[C@@H]2Oc3c(C#N)cncc3NC2=O)cc1. The van der Waals surface area contributed by atoms with Gasteiger partial charge in [0.1, 0.15) is 17.3 Å². The first-order valence-electron chi connectivity index (χ1n) is 9.82. The fourth-order valence-electron chi connectivity index (χ4n) is 3.53. The van der Waals surface area contributed by atoms with Crippen LogP contribution in [0.5, 0.6) is 5.75 Å². The molecule has 1 aliphatic rings. The number of aromatic nitrogens is 1. The zero-order valence-corrected chi connectivity index (χ0v) is 16.6. The number of amides is 1. The van der Waals surface area contributed by atoms with Gasteiger partial charge in [-0.1, -0.05) is 42.5 Å². The maximum absolute atomic E-state index is 12.9. The third kappa shape index (κ3) is 4.37. The van der Waals surface area contributed by atoms with Gasteiger partial charge in [-0.05, 0) is 36.2 Å². The number of anilines is 1. The van der Waals surface area contributed by atoms with Gasteiger partial charge in [0.2, 0.25) is 0 Å². The zero-order valence-electron chi connectivity index (χ0n) is 16.6. The average molecular weight is 409 g/mol. The number of ether oxygens (including phenoxy) is 1. The van der Waals surface area contributed by atoms with Crippen LogP contribution in [-0.2, 0) is 11.2 Å². The molecule has 1 amide bonds. The van der Waals surface area contributed by atoms with E-state index < -0.39 is 12.1 Å². The fourth-order valence-corrected chi connectivity index (χ4v) is 3.53.